The lowest BCUT2D eigenvalue weighted by Gasteiger charge is -2.36. The highest BCUT2D eigenvalue weighted by molar-refractivity contribution is 9.10. The molecule has 3 aromatic rings. The summed E-state index contributed by atoms with van der Waals surface area (Å²) in [5, 5.41) is 15.7. The van der Waals surface area contributed by atoms with Gasteiger partial charge in [-0.3, -0.25) is 19.8 Å². The first-order chi connectivity index (χ1) is 16.0. The van der Waals surface area contributed by atoms with Gasteiger partial charge >= 0.3 is 0 Å². The summed E-state index contributed by atoms with van der Waals surface area (Å²) >= 11 is 3.56. The number of ether oxygens (including phenoxy) is 1. The molecule has 1 saturated heterocycles. The number of nitrogens with zero attached hydrogens (tertiary/aromatic N) is 3. The molecule has 1 heterocycles. The second kappa shape index (κ2) is 10.2. The van der Waals surface area contributed by atoms with Gasteiger partial charge in [0.05, 0.1) is 17.6 Å². The Morgan fingerprint density at radius 3 is 2.39 bits per heavy atom. The number of non-ortho nitro benzene ring substituents is 1. The molecule has 4 rings (SSSR count). The molecule has 1 aliphatic rings. The van der Waals surface area contributed by atoms with Gasteiger partial charge in [0, 0.05) is 66.9 Å². The number of carbonyl (C=O) groups excluding carboxylic acids is 1. The van der Waals surface area contributed by atoms with Crippen LogP contribution >= 0.6 is 15.9 Å². The fraction of sp³-hybridized carbons (Fsp3) is 0.292. The Bertz CT molecular complexity index is 1160. The Hall–Kier alpha value is -3.17. The summed E-state index contributed by atoms with van der Waals surface area (Å²) in [6.45, 7) is 4.66. The minimum atomic E-state index is -0.387. The zero-order chi connectivity index (χ0) is 23.4. The van der Waals surface area contributed by atoms with Gasteiger partial charge in [0.1, 0.15) is 5.75 Å². The van der Waals surface area contributed by atoms with Crippen LogP contribution in [0.25, 0.3) is 10.8 Å². The van der Waals surface area contributed by atoms with Crippen LogP contribution in [-0.4, -0.2) is 62.1 Å². The molecule has 0 bridgehead atoms. The molecule has 3 aromatic carbocycles. The molecular formula is C24H25BrN4O4. The Morgan fingerprint density at radius 1 is 1.09 bits per heavy atom. The van der Waals surface area contributed by atoms with Crippen LogP contribution in [0.2, 0.25) is 0 Å². The van der Waals surface area contributed by atoms with E-state index in [2.05, 4.69) is 31.0 Å². The van der Waals surface area contributed by atoms with Crippen LogP contribution in [0.3, 0.4) is 0 Å². The normalized spacial score (nSPS) is 14.3. The molecule has 0 unspecified atom stereocenters. The number of amides is 1. The van der Waals surface area contributed by atoms with Crippen molar-refractivity contribution >= 4 is 44.0 Å². The quantitative estimate of drug-likeness (QED) is 0.379. The molecule has 0 radical (unpaired) electrons. The molecule has 0 spiro atoms. The number of piperazine rings is 1. The number of benzene rings is 3. The summed E-state index contributed by atoms with van der Waals surface area (Å²) in [4.78, 5) is 27.8. The van der Waals surface area contributed by atoms with Gasteiger partial charge in [0.25, 0.3) is 11.6 Å². The van der Waals surface area contributed by atoms with Gasteiger partial charge in [0.15, 0.2) is 0 Å². The highest BCUT2D eigenvalue weighted by Gasteiger charge is 2.20. The maximum atomic E-state index is 12.9. The number of carbonyl (C=O) groups is 1. The second-order valence-corrected chi connectivity index (χ2v) is 8.70. The monoisotopic (exact) mass is 512 g/mol. The van der Waals surface area contributed by atoms with Crippen LogP contribution in [-0.2, 0) is 0 Å². The Morgan fingerprint density at radius 2 is 1.76 bits per heavy atom. The molecule has 1 aliphatic heterocycles. The lowest BCUT2D eigenvalue weighted by Crippen LogP contribution is -2.48. The first kappa shape index (κ1) is 23.0. The summed E-state index contributed by atoms with van der Waals surface area (Å²) in [6, 6.07) is 16.3. The fourth-order valence-electron chi connectivity index (χ4n) is 4.13. The highest BCUT2D eigenvalue weighted by atomic mass is 79.9. The number of hydrogen-bond donors (Lipinski definition) is 1. The number of anilines is 1. The maximum Gasteiger partial charge on any atom is 0.269 e. The van der Waals surface area contributed by atoms with E-state index in [0.29, 0.717) is 17.9 Å². The zero-order valence-electron chi connectivity index (χ0n) is 18.3. The fourth-order valence-corrected chi connectivity index (χ4v) is 4.71. The molecule has 172 valence electrons. The standard InChI is InChI=1S/C24H25BrN4O4/c1-33-23-20-5-3-2-4-19(20)22(25)16-21(23)24(30)26-10-11-27-12-14-28(15-13-27)17-6-8-18(9-7-17)29(31)32/h2-9,16H,10-15H2,1H3,(H,26,30). The van der Waals surface area contributed by atoms with E-state index in [1.807, 2.05) is 24.3 Å². The molecule has 1 amide bonds. The summed E-state index contributed by atoms with van der Waals surface area (Å²) in [5.41, 5.74) is 1.59. The van der Waals surface area contributed by atoms with Gasteiger partial charge < -0.3 is 15.0 Å². The van der Waals surface area contributed by atoms with Crippen molar-refractivity contribution in [1.29, 1.82) is 0 Å². The third-order valence-electron chi connectivity index (χ3n) is 5.90. The van der Waals surface area contributed by atoms with E-state index in [1.54, 1.807) is 25.3 Å². The number of fused-ring (bicyclic) bond motifs is 1. The van der Waals surface area contributed by atoms with E-state index in [4.69, 9.17) is 4.74 Å². The van der Waals surface area contributed by atoms with Crippen molar-refractivity contribution in [2.75, 3.05) is 51.3 Å². The molecule has 33 heavy (non-hydrogen) atoms. The summed E-state index contributed by atoms with van der Waals surface area (Å²) in [6.07, 6.45) is 0. The van der Waals surface area contributed by atoms with Crippen LogP contribution in [0, 0.1) is 10.1 Å². The average Bonchev–Trinajstić information content (AvgIpc) is 2.84. The maximum absolute atomic E-state index is 12.9. The molecule has 0 saturated carbocycles. The number of hydrogen-bond acceptors (Lipinski definition) is 6. The topological polar surface area (TPSA) is 88.0 Å². The van der Waals surface area contributed by atoms with E-state index in [0.717, 1.165) is 53.7 Å². The summed E-state index contributed by atoms with van der Waals surface area (Å²) in [5.74, 6) is 0.408. The molecule has 9 heteroatoms. The van der Waals surface area contributed by atoms with Crippen molar-refractivity contribution in [3.8, 4) is 5.75 Å². The number of methoxy groups -OCH3 is 1. The first-order valence-electron chi connectivity index (χ1n) is 10.7. The van der Waals surface area contributed by atoms with Crippen LogP contribution in [0.1, 0.15) is 10.4 Å². The molecular weight excluding hydrogens is 488 g/mol. The molecule has 0 aliphatic carbocycles. The van der Waals surface area contributed by atoms with Crippen molar-refractivity contribution in [1.82, 2.24) is 10.2 Å². The number of halogens is 1. The van der Waals surface area contributed by atoms with Crippen molar-refractivity contribution in [3.05, 3.63) is 74.7 Å². The van der Waals surface area contributed by atoms with Crippen LogP contribution in [0.4, 0.5) is 11.4 Å². The zero-order valence-corrected chi connectivity index (χ0v) is 19.9. The largest absolute Gasteiger partial charge is 0.495 e. The van der Waals surface area contributed by atoms with Gasteiger partial charge in [-0.05, 0) is 23.6 Å². The number of nitro groups is 1. The third kappa shape index (κ3) is 5.09. The van der Waals surface area contributed by atoms with Crippen LogP contribution < -0.4 is 15.0 Å². The van der Waals surface area contributed by atoms with Gasteiger partial charge in [-0.1, -0.05) is 40.2 Å². The molecule has 1 fully saturated rings. The van der Waals surface area contributed by atoms with Crippen molar-refractivity contribution in [2.24, 2.45) is 0 Å². The lowest BCUT2D eigenvalue weighted by atomic mass is 10.0. The molecule has 0 aromatic heterocycles. The minimum Gasteiger partial charge on any atom is -0.495 e. The number of nitrogens with one attached hydrogen (secondary N) is 1. The van der Waals surface area contributed by atoms with Crippen molar-refractivity contribution in [3.63, 3.8) is 0 Å². The van der Waals surface area contributed by atoms with E-state index >= 15 is 0 Å². The van der Waals surface area contributed by atoms with E-state index < -0.39 is 0 Å². The van der Waals surface area contributed by atoms with Gasteiger partial charge in [-0.25, -0.2) is 0 Å². The summed E-state index contributed by atoms with van der Waals surface area (Å²) < 4.78 is 6.42. The lowest BCUT2D eigenvalue weighted by molar-refractivity contribution is -0.384. The Balaban J connectivity index is 1.31. The Kier molecular flexibility index (Phi) is 7.10. The first-order valence-corrected chi connectivity index (χ1v) is 11.5. The number of rotatable bonds is 7. The van der Waals surface area contributed by atoms with Gasteiger partial charge in [0.2, 0.25) is 0 Å². The average molecular weight is 513 g/mol. The minimum absolute atomic E-state index is 0.100. The van der Waals surface area contributed by atoms with E-state index in [9.17, 15) is 14.9 Å². The highest BCUT2D eigenvalue weighted by Crippen LogP contribution is 2.35. The van der Waals surface area contributed by atoms with Crippen molar-refractivity contribution < 1.29 is 14.5 Å². The SMILES string of the molecule is COc1c(C(=O)NCCN2CCN(c3ccc([N+](=O)[O-])cc3)CC2)cc(Br)c2ccccc12. The molecule has 0 atom stereocenters. The van der Waals surface area contributed by atoms with Gasteiger partial charge in [-0.15, -0.1) is 0 Å². The van der Waals surface area contributed by atoms with Crippen LogP contribution in [0.15, 0.2) is 59.1 Å². The smallest absolute Gasteiger partial charge is 0.269 e. The van der Waals surface area contributed by atoms with Crippen LogP contribution in [0.5, 0.6) is 5.75 Å². The predicted octanol–water partition coefficient (Wildman–Crippen LogP) is 4.07. The number of nitro benzene ring substituents is 1. The predicted molar refractivity (Wildman–Crippen MR) is 132 cm³/mol. The van der Waals surface area contributed by atoms with E-state index in [1.165, 1.54) is 12.1 Å². The molecule has 1 N–H and O–H groups in total. The van der Waals surface area contributed by atoms with Crippen molar-refractivity contribution in [2.45, 2.75) is 0 Å². The van der Waals surface area contributed by atoms with E-state index in [-0.39, 0.29) is 16.5 Å². The third-order valence-corrected chi connectivity index (χ3v) is 6.56. The van der Waals surface area contributed by atoms with Gasteiger partial charge in [-0.2, -0.15) is 0 Å². The second-order valence-electron chi connectivity index (χ2n) is 7.84. The molecule has 8 nitrogen and oxygen atoms in total. The summed E-state index contributed by atoms with van der Waals surface area (Å²) in [7, 11) is 1.58. The Labute approximate surface area is 200 Å².